The summed E-state index contributed by atoms with van der Waals surface area (Å²) in [5.41, 5.74) is 4.07. The molecule has 0 atom stereocenters. The maximum absolute atomic E-state index is 12.5. The van der Waals surface area contributed by atoms with Crippen molar-refractivity contribution >= 4 is 11.6 Å². The number of rotatable bonds is 4. The van der Waals surface area contributed by atoms with Crippen LogP contribution in [0.2, 0.25) is 0 Å². The number of fused-ring (bicyclic) bond motifs is 1. The summed E-state index contributed by atoms with van der Waals surface area (Å²) < 4.78 is 3.62. The maximum Gasteiger partial charge on any atom is 0.255 e. The van der Waals surface area contributed by atoms with Crippen LogP contribution in [0.3, 0.4) is 0 Å². The van der Waals surface area contributed by atoms with E-state index in [1.54, 1.807) is 17.1 Å². The monoisotopic (exact) mass is 346 g/mol. The van der Waals surface area contributed by atoms with Crippen LogP contribution in [0.1, 0.15) is 27.3 Å². The standard InChI is InChI=1S/C19H18N6O/c1-13-6-5-9-24-12-15(23-18(13)24)10-21-19(26)16-11-22-25(14(16)2)17-7-3-4-8-20-17/h3-9,11-12H,10H2,1-2H3,(H,21,26). The van der Waals surface area contributed by atoms with Gasteiger partial charge in [-0.15, -0.1) is 0 Å². The fraction of sp³-hybridized carbons (Fsp3) is 0.158. The van der Waals surface area contributed by atoms with Crippen molar-refractivity contribution in [3.63, 3.8) is 0 Å². The number of nitrogens with zero attached hydrogens (tertiary/aromatic N) is 5. The molecule has 0 aliphatic rings. The van der Waals surface area contributed by atoms with Gasteiger partial charge in [0.05, 0.1) is 29.7 Å². The van der Waals surface area contributed by atoms with Crippen LogP contribution in [0.4, 0.5) is 0 Å². The van der Waals surface area contributed by atoms with E-state index in [0.717, 1.165) is 22.6 Å². The Morgan fingerprint density at radius 2 is 2.08 bits per heavy atom. The third kappa shape index (κ3) is 2.83. The van der Waals surface area contributed by atoms with Gasteiger partial charge in [-0.25, -0.2) is 14.6 Å². The summed E-state index contributed by atoms with van der Waals surface area (Å²) >= 11 is 0. The lowest BCUT2D eigenvalue weighted by Crippen LogP contribution is -2.23. The van der Waals surface area contributed by atoms with Crippen LogP contribution in [-0.4, -0.2) is 30.1 Å². The van der Waals surface area contributed by atoms with Crippen molar-refractivity contribution in [3.8, 4) is 5.82 Å². The average Bonchev–Trinajstić information content (AvgIpc) is 3.25. The van der Waals surface area contributed by atoms with E-state index >= 15 is 0 Å². The molecular weight excluding hydrogens is 328 g/mol. The minimum Gasteiger partial charge on any atom is -0.346 e. The highest BCUT2D eigenvalue weighted by Gasteiger charge is 2.16. The lowest BCUT2D eigenvalue weighted by atomic mass is 10.2. The Kier molecular flexibility index (Phi) is 3.96. The number of aryl methyl sites for hydroxylation is 1. The third-order valence-electron chi connectivity index (χ3n) is 4.28. The molecule has 0 radical (unpaired) electrons. The van der Waals surface area contributed by atoms with Gasteiger partial charge in [-0.05, 0) is 37.6 Å². The average molecular weight is 346 g/mol. The van der Waals surface area contributed by atoms with Crippen LogP contribution in [0.5, 0.6) is 0 Å². The molecule has 4 rings (SSSR count). The van der Waals surface area contributed by atoms with Crippen molar-refractivity contribution < 1.29 is 4.79 Å². The van der Waals surface area contributed by atoms with Crippen molar-refractivity contribution in [1.29, 1.82) is 0 Å². The molecule has 0 saturated carbocycles. The van der Waals surface area contributed by atoms with Crippen LogP contribution < -0.4 is 5.32 Å². The number of hydrogen-bond acceptors (Lipinski definition) is 4. The van der Waals surface area contributed by atoms with Gasteiger partial charge in [-0.1, -0.05) is 12.1 Å². The fourth-order valence-electron chi connectivity index (χ4n) is 2.90. The number of carbonyl (C=O) groups excluding carboxylic acids is 1. The molecule has 0 aliphatic heterocycles. The number of hydrogen-bond donors (Lipinski definition) is 1. The molecule has 4 heterocycles. The molecule has 26 heavy (non-hydrogen) atoms. The topological polar surface area (TPSA) is 77.1 Å². The van der Waals surface area contributed by atoms with E-state index in [1.165, 1.54) is 0 Å². The Morgan fingerprint density at radius 3 is 2.85 bits per heavy atom. The van der Waals surface area contributed by atoms with E-state index in [9.17, 15) is 4.79 Å². The van der Waals surface area contributed by atoms with E-state index in [2.05, 4.69) is 20.4 Å². The normalized spacial score (nSPS) is 11.0. The first-order valence-electron chi connectivity index (χ1n) is 8.31. The van der Waals surface area contributed by atoms with Gasteiger partial charge in [0.15, 0.2) is 5.82 Å². The highest BCUT2D eigenvalue weighted by molar-refractivity contribution is 5.95. The molecule has 0 aliphatic carbocycles. The summed E-state index contributed by atoms with van der Waals surface area (Å²) in [5.74, 6) is 0.498. The highest BCUT2D eigenvalue weighted by Crippen LogP contribution is 2.13. The van der Waals surface area contributed by atoms with Gasteiger partial charge in [0.2, 0.25) is 0 Å². The number of nitrogens with one attached hydrogen (secondary N) is 1. The van der Waals surface area contributed by atoms with E-state index < -0.39 is 0 Å². The number of carbonyl (C=O) groups is 1. The predicted molar refractivity (Wildman–Crippen MR) is 97.2 cm³/mol. The first kappa shape index (κ1) is 16.0. The first-order chi connectivity index (χ1) is 12.6. The molecule has 0 spiro atoms. The smallest absolute Gasteiger partial charge is 0.255 e. The van der Waals surface area contributed by atoms with Gasteiger partial charge < -0.3 is 9.72 Å². The van der Waals surface area contributed by atoms with Crippen molar-refractivity contribution in [2.45, 2.75) is 20.4 Å². The predicted octanol–water partition coefficient (Wildman–Crippen LogP) is 2.46. The second kappa shape index (κ2) is 6.44. The van der Waals surface area contributed by atoms with Crippen LogP contribution >= 0.6 is 0 Å². The van der Waals surface area contributed by atoms with Crippen molar-refractivity contribution in [1.82, 2.24) is 29.5 Å². The second-order valence-electron chi connectivity index (χ2n) is 6.08. The number of imidazole rings is 1. The zero-order valence-corrected chi connectivity index (χ0v) is 14.5. The SMILES string of the molecule is Cc1cccn2cc(CNC(=O)c3cnn(-c4ccccn4)c3C)nc12. The number of amides is 1. The molecule has 0 fully saturated rings. The summed E-state index contributed by atoms with van der Waals surface area (Å²) in [7, 11) is 0. The first-order valence-corrected chi connectivity index (χ1v) is 8.31. The Labute approximate surface area is 150 Å². The molecular formula is C19H18N6O. The highest BCUT2D eigenvalue weighted by atomic mass is 16.1. The van der Waals surface area contributed by atoms with E-state index in [-0.39, 0.29) is 5.91 Å². The Morgan fingerprint density at radius 1 is 1.19 bits per heavy atom. The quantitative estimate of drug-likeness (QED) is 0.616. The van der Waals surface area contributed by atoms with Gasteiger partial charge in [0.25, 0.3) is 5.91 Å². The number of pyridine rings is 2. The molecule has 7 heteroatoms. The minimum absolute atomic E-state index is 0.182. The molecule has 1 N–H and O–H groups in total. The zero-order valence-electron chi connectivity index (χ0n) is 14.5. The summed E-state index contributed by atoms with van der Waals surface area (Å²) in [4.78, 5) is 21.4. The summed E-state index contributed by atoms with van der Waals surface area (Å²) in [6.07, 6.45) is 7.13. The van der Waals surface area contributed by atoms with E-state index in [4.69, 9.17) is 0 Å². The fourth-order valence-corrected chi connectivity index (χ4v) is 2.90. The van der Waals surface area contributed by atoms with Crippen molar-refractivity contribution in [2.75, 3.05) is 0 Å². The van der Waals surface area contributed by atoms with E-state index in [0.29, 0.717) is 17.9 Å². The van der Waals surface area contributed by atoms with Crippen LogP contribution in [0, 0.1) is 13.8 Å². The second-order valence-corrected chi connectivity index (χ2v) is 6.08. The minimum atomic E-state index is -0.182. The lowest BCUT2D eigenvalue weighted by Gasteiger charge is -2.05. The molecule has 4 aromatic rings. The maximum atomic E-state index is 12.5. The molecule has 0 aromatic carbocycles. The van der Waals surface area contributed by atoms with Crippen LogP contribution in [-0.2, 0) is 6.54 Å². The van der Waals surface area contributed by atoms with Crippen LogP contribution in [0.25, 0.3) is 11.5 Å². The molecule has 130 valence electrons. The lowest BCUT2D eigenvalue weighted by molar-refractivity contribution is 0.0950. The molecule has 0 bridgehead atoms. The molecule has 1 amide bonds. The summed E-state index contributed by atoms with van der Waals surface area (Å²) in [6, 6.07) is 9.56. The largest absolute Gasteiger partial charge is 0.346 e. The summed E-state index contributed by atoms with van der Waals surface area (Å²) in [5, 5.41) is 7.19. The molecule has 7 nitrogen and oxygen atoms in total. The van der Waals surface area contributed by atoms with E-state index in [1.807, 2.05) is 61.0 Å². The van der Waals surface area contributed by atoms with Crippen LogP contribution in [0.15, 0.2) is 55.1 Å². The van der Waals surface area contributed by atoms with Crippen molar-refractivity contribution in [3.05, 3.63) is 77.6 Å². The molecule has 0 unspecified atom stereocenters. The van der Waals surface area contributed by atoms with Crippen molar-refractivity contribution in [2.24, 2.45) is 0 Å². The summed E-state index contributed by atoms with van der Waals surface area (Å²) in [6.45, 7) is 4.22. The number of aromatic nitrogens is 5. The Balaban J connectivity index is 1.51. The molecule has 4 aromatic heterocycles. The zero-order chi connectivity index (χ0) is 18.1. The Hall–Kier alpha value is -3.48. The van der Waals surface area contributed by atoms with Gasteiger partial charge in [0.1, 0.15) is 5.65 Å². The van der Waals surface area contributed by atoms with Gasteiger partial charge in [-0.2, -0.15) is 5.10 Å². The third-order valence-corrected chi connectivity index (χ3v) is 4.28. The van der Waals surface area contributed by atoms with Gasteiger partial charge in [0, 0.05) is 18.6 Å². The Bertz CT molecular complexity index is 1080. The molecule has 0 saturated heterocycles. The van der Waals surface area contributed by atoms with Gasteiger partial charge in [-0.3, -0.25) is 4.79 Å². The van der Waals surface area contributed by atoms with Gasteiger partial charge >= 0.3 is 0 Å².